The molecular weight excluding hydrogens is 234 g/mol. The van der Waals surface area contributed by atoms with Crippen LogP contribution in [0.5, 0.6) is 0 Å². The molecule has 19 heavy (non-hydrogen) atoms. The Bertz CT molecular complexity index is 250. The summed E-state index contributed by atoms with van der Waals surface area (Å²) in [5.41, 5.74) is 0.297. The van der Waals surface area contributed by atoms with E-state index in [1.165, 1.54) is 19.3 Å². The average molecular weight is 269 g/mol. The molecule has 0 aromatic carbocycles. The molecule has 3 unspecified atom stereocenters. The van der Waals surface area contributed by atoms with Gasteiger partial charge < -0.3 is 10.4 Å². The lowest BCUT2D eigenvalue weighted by Crippen LogP contribution is -2.46. The molecule has 1 fully saturated rings. The van der Waals surface area contributed by atoms with Crippen molar-refractivity contribution in [3.8, 4) is 0 Å². The molecule has 0 radical (unpaired) electrons. The lowest BCUT2D eigenvalue weighted by Gasteiger charge is -2.40. The maximum atomic E-state index is 8.98. The Morgan fingerprint density at radius 2 is 1.95 bits per heavy atom. The van der Waals surface area contributed by atoms with Gasteiger partial charge in [-0.15, -0.1) is 0 Å². The molecule has 0 amide bonds. The number of hydrogen-bond donors (Lipinski definition) is 2. The molecule has 114 valence electrons. The first-order valence-electron chi connectivity index (χ1n) is 8.20. The molecule has 1 saturated carbocycles. The third-order valence-corrected chi connectivity index (χ3v) is 4.88. The van der Waals surface area contributed by atoms with Gasteiger partial charge in [0.25, 0.3) is 0 Å². The van der Waals surface area contributed by atoms with Gasteiger partial charge in [0.2, 0.25) is 0 Å². The van der Waals surface area contributed by atoms with Crippen LogP contribution >= 0.6 is 0 Å². The van der Waals surface area contributed by atoms with Gasteiger partial charge in [-0.1, -0.05) is 41.0 Å². The van der Waals surface area contributed by atoms with Crippen LogP contribution in [0.4, 0.5) is 0 Å². The van der Waals surface area contributed by atoms with Gasteiger partial charge in [0.1, 0.15) is 0 Å². The number of hydrogen-bond acceptors (Lipinski definition) is 2. The predicted octanol–water partition coefficient (Wildman–Crippen LogP) is 3.84. The Morgan fingerprint density at radius 3 is 2.53 bits per heavy atom. The molecule has 0 saturated heterocycles. The zero-order valence-electron chi connectivity index (χ0n) is 13.7. The lowest BCUT2D eigenvalue weighted by atomic mass is 9.73. The summed E-state index contributed by atoms with van der Waals surface area (Å²) in [6.07, 6.45) is 6.13. The van der Waals surface area contributed by atoms with E-state index in [2.05, 4.69) is 39.9 Å². The van der Waals surface area contributed by atoms with E-state index >= 15 is 0 Å². The van der Waals surface area contributed by atoms with Gasteiger partial charge in [-0.05, 0) is 48.9 Å². The maximum Gasteiger partial charge on any atom is 0.0431 e. The van der Waals surface area contributed by atoms with Crippen LogP contribution in [0, 0.1) is 23.2 Å². The Kier molecular flexibility index (Phi) is 6.82. The van der Waals surface area contributed by atoms with E-state index in [4.69, 9.17) is 5.11 Å². The van der Waals surface area contributed by atoms with E-state index < -0.39 is 0 Å². The lowest BCUT2D eigenvalue weighted by molar-refractivity contribution is 0.151. The summed E-state index contributed by atoms with van der Waals surface area (Å²) in [6, 6.07) is 0.692. The molecule has 1 aliphatic rings. The molecule has 0 spiro atoms. The summed E-state index contributed by atoms with van der Waals surface area (Å²) in [4.78, 5) is 0. The van der Waals surface area contributed by atoms with Crippen molar-refractivity contribution in [2.24, 2.45) is 23.2 Å². The highest BCUT2D eigenvalue weighted by Crippen LogP contribution is 2.34. The predicted molar refractivity (Wildman–Crippen MR) is 83.2 cm³/mol. The van der Waals surface area contributed by atoms with E-state index in [0.717, 1.165) is 37.1 Å². The molecule has 0 aromatic heterocycles. The number of rotatable bonds is 7. The second-order valence-corrected chi connectivity index (χ2v) is 7.80. The quantitative estimate of drug-likeness (QED) is 0.736. The average Bonchev–Trinajstić information content (AvgIpc) is 2.34. The molecule has 3 atom stereocenters. The fraction of sp³-hybridized carbons (Fsp3) is 1.00. The summed E-state index contributed by atoms with van der Waals surface area (Å²) in [5.74, 6) is 2.49. The topological polar surface area (TPSA) is 32.3 Å². The van der Waals surface area contributed by atoms with Crippen molar-refractivity contribution in [2.75, 3.05) is 13.2 Å². The standard InChI is InChI=1S/C17H35NO/c1-13(2)15-8-7-14(3)11-16(15)18-12-17(4,5)9-6-10-19/h13-16,18-19H,6-12H2,1-5H3. The third-order valence-electron chi connectivity index (χ3n) is 4.88. The van der Waals surface area contributed by atoms with Crippen LogP contribution in [0.2, 0.25) is 0 Å². The van der Waals surface area contributed by atoms with Gasteiger partial charge in [-0.2, -0.15) is 0 Å². The highest BCUT2D eigenvalue weighted by molar-refractivity contribution is 4.87. The Balaban J connectivity index is 2.47. The van der Waals surface area contributed by atoms with Crippen LogP contribution in [0.3, 0.4) is 0 Å². The van der Waals surface area contributed by atoms with Gasteiger partial charge in [-0.25, -0.2) is 0 Å². The van der Waals surface area contributed by atoms with E-state index in [1.54, 1.807) is 0 Å². The summed E-state index contributed by atoms with van der Waals surface area (Å²) in [6.45, 7) is 13.1. The molecule has 0 aromatic rings. The van der Waals surface area contributed by atoms with Crippen molar-refractivity contribution in [2.45, 2.75) is 72.8 Å². The molecule has 1 aliphatic carbocycles. The van der Waals surface area contributed by atoms with Crippen LogP contribution in [-0.4, -0.2) is 24.3 Å². The molecule has 0 bridgehead atoms. The van der Waals surface area contributed by atoms with Crippen LogP contribution in [-0.2, 0) is 0 Å². The summed E-state index contributed by atoms with van der Waals surface area (Å²) in [7, 11) is 0. The monoisotopic (exact) mass is 269 g/mol. The normalized spacial score (nSPS) is 28.9. The molecule has 2 N–H and O–H groups in total. The zero-order chi connectivity index (χ0) is 14.5. The van der Waals surface area contributed by atoms with Crippen LogP contribution in [0.15, 0.2) is 0 Å². The highest BCUT2D eigenvalue weighted by atomic mass is 16.2. The summed E-state index contributed by atoms with van der Waals surface area (Å²) in [5, 5.41) is 12.8. The first-order chi connectivity index (χ1) is 8.85. The van der Waals surface area contributed by atoms with Crippen molar-refractivity contribution in [3.05, 3.63) is 0 Å². The van der Waals surface area contributed by atoms with E-state index in [-0.39, 0.29) is 0 Å². The first-order valence-corrected chi connectivity index (χ1v) is 8.20. The Hall–Kier alpha value is -0.0800. The fourth-order valence-corrected chi connectivity index (χ4v) is 3.49. The van der Waals surface area contributed by atoms with Crippen LogP contribution in [0.1, 0.15) is 66.7 Å². The minimum Gasteiger partial charge on any atom is -0.396 e. The van der Waals surface area contributed by atoms with Crippen molar-refractivity contribution in [3.63, 3.8) is 0 Å². The molecule has 2 nitrogen and oxygen atoms in total. The van der Waals surface area contributed by atoms with Crippen molar-refractivity contribution < 1.29 is 5.11 Å². The third kappa shape index (κ3) is 5.83. The maximum absolute atomic E-state index is 8.98. The van der Waals surface area contributed by atoms with Crippen LogP contribution < -0.4 is 5.32 Å². The van der Waals surface area contributed by atoms with Crippen molar-refractivity contribution in [1.29, 1.82) is 0 Å². The van der Waals surface area contributed by atoms with Gasteiger partial charge in [0, 0.05) is 19.2 Å². The molecule has 1 rings (SSSR count). The van der Waals surface area contributed by atoms with Crippen molar-refractivity contribution in [1.82, 2.24) is 5.32 Å². The van der Waals surface area contributed by atoms with Gasteiger partial charge >= 0.3 is 0 Å². The Labute approximate surface area is 120 Å². The second kappa shape index (κ2) is 7.64. The minimum absolute atomic E-state index is 0.297. The molecule has 0 aliphatic heterocycles. The highest BCUT2D eigenvalue weighted by Gasteiger charge is 2.31. The SMILES string of the molecule is CC1CCC(C(C)C)C(NCC(C)(C)CCCO)C1. The number of aliphatic hydroxyl groups excluding tert-OH is 1. The van der Waals surface area contributed by atoms with Crippen molar-refractivity contribution >= 4 is 0 Å². The van der Waals surface area contributed by atoms with E-state index in [9.17, 15) is 0 Å². The number of aliphatic hydroxyl groups is 1. The number of nitrogens with one attached hydrogen (secondary N) is 1. The fourth-order valence-electron chi connectivity index (χ4n) is 3.49. The van der Waals surface area contributed by atoms with Gasteiger partial charge in [0.05, 0.1) is 0 Å². The molecule has 0 heterocycles. The summed E-state index contributed by atoms with van der Waals surface area (Å²) >= 11 is 0. The molecular formula is C17H35NO. The smallest absolute Gasteiger partial charge is 0.0431 e. The van der Waals surface area contributed by atoms with E-state index in [0.29, 0.717) is 18.1 Å². The largest absolute Gasteiger partial charge is 0.396 e. The first kappa shape index (κ1) is 17.0. The van der Waals surface area contributed by atoms with Gasteiger partial charge in [0.15, 0.2) is 0 Å². The van der Waals surface area contributed by atoms with Crippen LogP contribution in [0.25, 0.3) is 0 Å². The summed E-state index contributed by atoms with van der Waals surface area (Å²) < 4.78 is 0. The zero-order valence-corrected chi connectivity index (χ0v) is 13.7. The van der Waals surface area contributed by atoms with E-state index in [1.807, 2.05) is 0 Å². The second-order valence-electron chi connectivity index (χ2n) is 7.80. The Morgan fingerprint density at radius 1 is 1.26 bits per heavy atom. The van der Waals surface area contributed by atoms with Gasteiger partial charge in [-0.3, -0.25) is 0 Å². The minimum atomic E-state index is 0.297. The molecule has 2 heteroatoms.